The molecule has 0 aliphatic heterocycles. The smallest absolute Gasteiger partial charge is 0.212 e. The highest BCUT2D eigenvalue weighted by Gasteiger charge is 2.14. The van der Waals surface area contributed by atoms with E-state index in [9.17, 15) is 0 Å². The van der Waals surface area contributed by atoms with Gasteiger partial charge in [-0.1, -0.05) is 12.1 Å². The maximum Gasteiger partial charge on any atom is 0.212 e. The molecule has 1 unspecified atom stereocenters. The maximum absolute atomic E-state index is 6.03. The van der Waals surface area contributed by atoms with Gasteiger partial charge in [0.05, 0.1) is 6.04 Å². The Morgan fingerprint density at radius 3 is 3.00 bits per heavy atom. The first-order chi connectivity index (χ1) is 7.72. The zero-order valence-corrected chi connectivity index (χ0v) is 10.4. The number of fused-ring (bicyclic) bond motifs is 1. The molecule has 2 N–H and O–H groups in total. The van der Waals surface area contributed by atoms with Crippen LogP contribution < -0.4 is 5.73 Å². The Labute approximate surface area is 99.4 Å². The molecule has 0 spiro atoms. The van der Waals surface area contributed by atoms with Gasteiger partial charge in [0.1, 0.15) is 5.52 Å². The van der Waals surface area contributed by atoms with Crippen molar-refractivity contribution in [2.24, 2.45) is 5.73 Å². The Morgan fingerprint density at radius 2 is 2.31 bits per heavy atom. The summed E-state index contributed by atoms with van der Waals surface area (Å²) in [6.45, 7) is 2.03. The topological polar surface area (TPSA) is 52.0 Å². The first-order valence-electron chi connectivity index (χ1n) is 5.33. The monoisotopic (exact) mass is 236 g/mol. The van der Waals surface area contributed by atoms with E-state index in [2.05, 4.69) is 11.2 Å². The molecule has 16 heavy (non-hydrogen) atoms. The van der Waals surface area contributed by atoms with Crippen molar-refractivity contribution in [2.45, 2.75) is 19.4 Å². The minimum absolute atomic E-state index is 0.0979. The van der Waals surface area contributed by atoms with Gasteiger partial charge in [-0.15, -0.1) is 0 Å². The van der Waals surface area contributed by atoms with E-state index in [0.717, 1.165) is 28.8 Å². The Kier molecular flexibility index (Phi) is 3.51. The second-order valence-electron chi connectivity index (χ2n) is 3.86. The predicted octanol–water partition coefficient (Wildman–Crippen LogP) is 2.89. The molecular weight excluding hydrogens is 220 g/mol. The standard InChI is InChI=1S/C12H16N2OS/c1-8-4-3-5-10-11(8)14-12(15-10)9(13)6-7-16-2/h3-5,9H,6-7,13H2,1-2H3. The van der Waals surface area contributed by atoms with Crippen LogP contribution in [0.1, 0.15) is 23.9 Å². The molecule has 1 atom stereocenters. The van der Waals surface area contributed by atoms with Crippen LogP contribution in [0, 0.1) is 6.92 Å². The van der Waals surface area contributed by atoms with Gasteiger partial charge >= 0.3 is 0 Å². The van der Waals surface area contributed by atoms with Gasteiger partial charge in [-0.2, -0.15) is 11.8 Å². The molecule has 0 saturated carbocycles. The number of benzene rings is 1. The normalized spacial score (nSPS) is 13.2. The zero-order chi connectivity index (χ0) is 11.5. The van der Waals surface area contributed by atoms with E-state index in [4.69, 9.17) is 10.2 Å². The molecule has 1 heterocycles. The van der Waals surface area contributed by atoms with Gasteiger partial charge in [0, 0.05) is 0 Å². The van der Waals surface area contributed by atoms with Crippen LogP contribution in [-0.2, 0) is 0 Å². The van der Waals surface area contributed by atoms with Crippen molar-refractivity contribution in [1.82, 2.24) is 4.98 Å². The molecule has 1 aromatic heterocycles. The summed E-state index contributed by atoms with van der Waals surface area (Å²) >= 11 is 1.79. The summed E-state index contributed by atoms with van der Waals surface area (Å²) in [5.41, 5.74) is 8.91. The Morgan fingerprint density at radius 1 is 1.50 bits per heavy atom. The minimum atomic E-state index is -0.0979. The zero-order valence-electron chi connectivity index (χ0n) is 9.56. The molecule has 2 rings (SSSR count). The van der Waals surface area contributed by atoms with Crippen molar-refractivity contribution in [2.75, 3.05) is 12.0 Å². The first kappa shape index (κ1) is 11.5. The molecule has 2 aromatic rings. The third-order valence-electron chi connectivity index (χ3n) is 2.59. The Hall–Kier alpha value is -1.00. The highest BCUT2D eigenvalue weighted by Crippen LogP contribution is 2.23. The highest BCUT2D eigenvalue weighted by molar-refractivity contribution is 7.98. The quantitative estimate of drug-likeness (QED) is 0.886. The number of para-hydroxylation sites is 1. The van der Waals surface area contributed by atoms with E-state index in [-0.39, 0.29) is 6.04 Å². The van der Waals surface area contributed by atoms with E-state index >= 15 is 0 Å². The molecule has 0 aliphatic rings. The largest absolute Gasteiger partial charge is 0.439 e. The van der Waals surface area contributed by atoms with Crippen molar-refractivity contribution in [3.63, 3.8) is 0 Å². The van der Waals surface area contributed by atoms with Crippen molar-refractivity contribution < 1.29 is 4.42 Å². The average Bonchev–Trinajstić information content (AvgIpc) is 2.71. The lowest BCUT2D eigenvalue weighted by molar-refractivity contribution is 0.470. The van der Waals surface area contributed by atoms with Crippen LogP contribution in [0.25, 0.3) is 11.1 Å². The van der Waals surface area contributed by atoms with Crippen LogP contribution in [0.3, 0.4) is 0 Å². The van der Waals surface area contributed by atoms with Gasteiger partial charge in [0.2, 0.25) is 5.89 Å². The van der Waals surface area contributed by atoms with Crippen LogP contribution in [0.15, 0.2) is 22.6 Å². The fourth-order valence-electron chi connectivity index (χ4n) is 1.63. The molecule has 0 fully saturated rings. The number of thioether (sulfide) groups is 1. The molecule has 0 aliphatic carbocycles. The fraction of sp³-hybridized carbons (Fsp3) is 0.417. The molecule has 0 saturated heterocycles. The van der Waals surface area contributed by atoms with Crippen molar-refractivity contribution in [1.29, 1.82) is 0 Å². The lowest BCUT2D eigenvalue weighted by Crippen LogP contribution is -2.11. The number of nitrogens with two attached hydrogens (primary N) is 1. The lowest BCUT2D eigenvalue weighted by Gasteiger charge is -2.04. The number of hydrogen-bond donors (Lipinski definition) is 1. The third kappa shape index (κ3) is 2.23. The minimum Gasteiger partial charge on any atom is -0.439 e. The number of aromatic nitrogens is 1. The second kappa shape index (κ2) is 4.89. The maximum atomic E-state index is 6.03. The number of nitrogens with zero attached hydrogens (tertiary/aromatic N) is 1. The van der Waals surface area contributed by atoms with Crippen molar-refractivity contribution in [3.8, 4) is 0 Å². The van der Waals surface area contributed by atoms with Crippen LogP contribution in [-0.4, -0.2) is 17.0 Å². The third-order valence-corrected chi connectivity index (χ3v) is 3.23. The van der Waals surface area contributed by atoms with Crippen LogP contribution >= 0.6 is 11.8 Å². The highest BCUT2D eigenvalue weighted by atomic mass is 32.2. The van der Waals surface area contributed by atoms with Gasteiger partial charge in [-0.3, -0.25) is 0 Å². The summed E-state index contributed by atoms with van der Waals surface area (Å²) < 4.78 is 5.66. The van der Waals surface area contributed by atoms with Crippen molar-refractivity contribution in [3.05, 3.63) is 29.7 Å². The molecule has 86 valence electrons. The fourth-order valence-corrected chi connectivity index (χ4v) is 2.12. The lowest BCUT2D eigenvalue weighted by atomic mass is 10.2. The van der Waals surface area contributed by atoms with E-state index in [1.807, 2.05) is 25.1 Å². The summed E-state index contributed by atoms with van der Waals surface area (Å²) in [7, 11) is 0. The summed E-state index contributed by atoms with van der Waals surface area (Å²) in [5.74, 6) is 1.68. The molecule has 0 amide bonds. The molecular formula is C12H16N2OS. The molecule has 0 radical (unpaired) electrons. The van der Waals surface area contributed by atoms with E-state index < -0.39 is 0 Å². The van der Waals surface area contributed by atoms with Crippen LogP contribution in [0.4, 0.5) is 0 Å². The summed E-state index contributed by atoms with van der Waals surface area (Å²) in [4.78, 5) is 4.46. The van der Waals surface area contributed by atoms with Crippen LogP contribution in [0.2, 0.25) is 0 Å². The van der Waals surface area contributed by atoms with Gasteiger partial charge < -0.3 is 10.2 Å². The average molecular weight is 236 g/mol. The predicted molar refractivity (Wildman–Crippen MR) is 68.7 cm³/mol. The van der Waals surface area contributed by atoms with E-state index in [1.54, 1.807) is 11.8 Å². The first-order valence-corrected chi connectivity index (χ1v) is 6.72. The summed E-state index contributed by atoms with van der Waals surface area (Å²) in [6.07, 6.45) is 2.97. The van der Waals surface area contributed by atoms with Gasteiger partial charge in [-0.25, -0.2) is 4.98 Å². The molecule has 1 aromatic carbocycles. The molecule has 4 heteroatoms. The SMILES string of the molecule is CSCCC(N)c1nc2c(C)cccc2o1. The van der Waals surface area contributed by atoms with E-state index in [0.29, 0.717) is 5.89 Å². The number of rotatable bonds is 4. The Bertz CT molecular complexity index is 481. The molecule has 0 bridgehead atoms. The number of oxazole rings is 1. The van der Waals surface area contributed by atoms with Gasteiger partial charge in [0.15, 0.2) is 5.58 Å². The summed E-state index contributed by atoms with van der Waals surface area (Å²) in [6, 6.07) is 5.83. The molecule has 3 nitrogen and oxygen atoms in total. The Balaban J connectivity index is 2.29. The van der Waals surface area contributed by atoms with Crippen LogP contribution in [0.5, 0.6) is 0 Å². The van der Waals surface area contributed by atoms with Gasteiger partial charge in [-0.05, 0) is 37.0 Å². The summed E-state index contributed by atoms with van der Waals surface area (Å²) in [5, 5.41) is 0. The van der Waals surface area contributed by atoms with Crippen molar-refractivity contribution >= 4 is 22.9 Å². The number of aryl methyl sites for hydroxylation is 1. The second-order valence-corrected chi connectivity index (χ2v) is 4.85. The van der Waals surface area contributed by atoms with Gasteiger partial charge in [0.25, 0.3) is 0 Å². The van der Waals surface area contributed by atoms with E-state index in [1.165, 1.54) is 0 Å². The number of hydrogen-bond acceptors (Lipinski definition) is 4.